The molecule has 1 unspecified atom stereocenters. The van der Waals surface area contributed by atoms with E-state index in [1.54, 1.807) is 0 Å². The van der Waals surface area contributed by atoms with E-state index < -0.39 is 0 Å². The average molecular weight is 256 g/mol. The van der Waals surface area contributed by atoms with Gasteiger partial charge in [-0.15, -0.1) is 0 Å². The highest BCUT2D eigenvalue weighted by molar-refractivity contribution is 5.40. The Morgan fingerprint density at radius 1 is 1.37 bits per heavy atom. The van der Waals surface area contributed by atoms with Crippen molar-refractivity contribution in [1.29, 1.82) is 0 Å². The first-order valence-electron chi connectivity index (χ1n) is 6.85. The van der Waals surface area contributed by atoms with Crippen molar-refractivity contribution in [2.45, 2.75) is 32.4 Å². The fourth-order valence-electron chi connectivity index (χ4n) is 2.70. The Balaban J connectivity index is 1.66. The second-order valence-corrected chi connectivity index (χ2v) is 5.31. The Morgan fingerprint density at radius 2 is 2.26 bits per heavy atom. The number of aromatic nitrogens is 1. The summed E-state index contributed by atoms with van der Waals surface area (Å²) in [7, 11) is 0. The highest BCUT2D eigenvalue weighted by Gasteiger charge is 2.22. The van der Waals surface area contributed by atoms with Gasteiger partial charge in [0.25, 0.3) is 0 Å². The maximum absolute atomic E-state index is 5.99. The molecular weight excluding hydrogens is 236 g/mol. The van der Waals surface area contributed by atoms with Crippen molar-refractivity contribution in [3.63, 3.8) is 0 Å². The molecule has 0 saturated carbocycles. The van der Waals surface area contributed by atoms with E-state index in [1.807, 2.05) is 0 Å². The molecule has 1 aliphatic heterocycles. The smallest absolute Gasteiger partial charge is 0.123 e. The lowest BCUT2D eigenvalue weighted by atomic mass is 10.1. The van der Waals surface area contributed by atoms with Crippen LogP contribution in [0.5, 0.6) is 5.75 Å². The minimum Gasteiger partial charge on any atom is -0.488 e. The zero-order valence-corrected chi connectivity index (χ0v) is 11.3. The Kier molecular flexibility index (Phi) is 3.30. The van der Waals surface area contributed by atoms with Crippen molar-refractivity contribution in [2.24, 2.45) is 5.73 Å². The van der Waals surface area contributed by atoms with Crippen molar-refractivity contribution >= 4 is 0 Å². The van der Waals surface area contributed by atoms with Crippen LogP contribution in [0.4, 0.5) is 0 Å². The summed E-state index contributed by atoms with van der Waals surface area (Å²) in [5.41, 5.74) is 9.50. The number of benzene rings is 1. The average Bonchev–Trinajstić information content (AvgIpc) is 2.96. The SMILES string of the molecule is Cc1ccc2c(c1)CC(Cn1ccc(CCN)c1)O2. The largest absolute Gasteiger partial charge is 0.488 e. The van der Waals surface area contributed by atoms with Gasteiger partial charge in [-0.1, -0.05) is 17.7 Å². The van der Waals surface area contributed by atoms with Crippen LogP contribution in [0, 0.1) is 6.92 Å². The first-order chi connectivity index (χ1) is 9.24. The minimum atomic E-state index is 0.245. The molecule has 3 heteroatoms. The van der Waals surface area contributed by atoms with Gasteiger partial charge in [-0.25, -0.2) is 0 Å². The van der Waals surface area contributed by atoms with Crippen molar-refractivity contribution in [3.05, 3.63) is 53.3 Å². The van der Waals surface area contributed by atoms with E-state index in [0.29, 0.717) is 6.54 Å². The zero-order chi connectivity index (χ0) is 13.2. The summed E-state index contributed by atoms with van der Waals surface area (Å²) in [5, 5.41) is 0. The van der Waals surface area contributed by atoms with Crippen LogP contribution in [0.15, 0.2) is 36.7 Å². The van der Waals surface area contributed by atoms with Gasteiger partial charge in [0.05, 0.1) is 6.54 Å². The maximum Gasteiger partial charge on any atom is 0.123 e. The number of ether oxygens (including phenoxy) is 1. The molecule has 1 aromatic carbocycles. The summed E-state index contributed by atoms with van der Waals surface area (Å²) in [6.07, 6.45) is 6.47. The van der Waals surface area contributed by atoms with E-state index in [-0.39, 0.29) is 6.10 Å². The minimum absolute atomic E-state index is 0.245. The number of hydrogen-bond acceptors (Lipinski definition) is 2. The molecular formula is C16H20N2O. The predicted molar refractivity (Wildman–Crippen MR) is 76.5 cm³/mol. The molecule has 3 rings (SSSR count). The molecule has 100 valence electrons. The van der Waals surface area contributed by atoms with Gasteiger partial charge < -0.3 is 15.0 Å². The van der Waals surface area contributed by atoms with Crippen LogP contribution in [-0.2, 0) is 19.4 Å². The van der Waals surface area contributed by atoms with Gasteiger partial charge in [0.2, 0.25) is 0 Å². The number of fused-ring (bicyclic) bond motifs is 1. The molecule has 0 spiro atoms. The molecule has 1 aromatic heterocycles. The Bertz CT molecular complexity index is 574. The Labute approximate surface area is 114 Å². The van der Waals surface area contributed by atoms with Crippen LogP contribution in [0.1, 0.15) is 16.7 Å². The van der Waals surface area contributed by atoms with Gasteiger partial charge in [0.15, 0.2) is 0 Å². The molecule has 19 heavy (non-hydrogen) atoms. The van der Waals surface area contributed by atoms with Crippen molar-refractivity contribution in [3.8, 4) is 5.75 Å². The zero-order valence-electron chi connectivity index (χ0n) is 11.3. The normalized spacial score (nSPS) is 17.3. The molecule has 2 N–H and O–H groups in total. The molecule has 0 radical (unpaired) electrons. The topological polar surface area (TPSA) is 40.2 Å². The van der Waals surface area contributed by atoms with Crippen molar-refractivity contribution in [1.82, 2.24) is 4.57 Å². The summed E-state index contributed by atoms with van der Waals surface area (Å²) < 4.78 is 8.19. The third-order valence-electron chi connectivity index (χ3n) is 3.62. The van der Waals surface area contributed by atoms with Crippen LogP contribution < -0.4 is 10.5 Å². The van der Waals surface area contributed by atoms with Gasteiger partial charge in [0.1, 0.15) is 11.9 Å². The van der Waals surface area contributed by atoms with Crippen LogP contribution in [-0.4, -0.2) is 17.2 Å². The number of hydrogen-bond donors (Lipinski definition) is 1. The molecule has 1 aliphatic rings. The molecule has 3 nitrogen and oxygen atoms in total. The van der Waals surface area contributed by atoms with Gasteiger partial charge in [-0.3, -0.25) is 0 Å². The van der Waals surface area contributed by atoms with E-state index in [4.69, 9.17) is 10.5 Å². The number of nitrogens with two attached hydrogens (primary N) is 1. The molecule has 0 fully saturated rings. The fourth-order valence-corrected chi connectivity index (χ4v) is 2.70. The van der Waals surface area contributed by atoms with Gasteiger partial charge >= 0.3 is 0 Å². The van der Waals surface area contributed by atoms with E-state index in [1.165, 1.54) is 16.7 Å². The number of rotatable bonds is 4. The highest BCUT2D eigenvalue weighted by atomic mass is 16.5. The van der Waals surface area contributed by atoms with Gasteiger partial charge in [-0.2, -0.15) is 0 Å². The second kappa shape index (κ2) is 5.10. The summed E-state index contributed by atoms with van der Waals surface area (Å²) in [6.45, 7) is 3.73. The quantitative estimate of drug-likeness (QED) is 0.912. The lowest BCUT2D eigenvalue weighted by Gasteiger charge is -2.11. The maximum atomic E-state index is 5.99. The third-order valence-corrected chi connectivity index (χ3v) is 3.62. The first-order valence-corrected chi connectivity index (χ1v) is 6.85. The summed E-state index contributed by atoms with van der Waals surface area (Å²) in [4.78, 5) is 0. The number of nitrogens with zero attached hydrogens (tertiary/aromatic N) is 1. The second-order valence-electron chi connectivity index (χ2n) is 5.31. The summed E-state index contributed by atoms with van der Waals surface area (Å²) in [5.74, 6) is 1.05. The molecule has 2 heterocycles. The summed E-state index contributed by atoms with van der Waals surface area (Å²) >= 11 is 0. The van der Waals surface area contributed by atoms with E-state index in [0.717, 1.165) is 25.1 Å². The van der Waals surface area contributed by atoms with Crippen LogP contribution in [0.25, 0.3) is 0 Å². The van der Waals surface area contributed by atoms with Crippen molar-refractivity contribution < 1.29 is 4.74 Å². The molecule has 0 amide bonds. The lowest BCUT2D eigenvalue weighted by Crippen LogP contribution is -2.19. The fraction of sp³-hybridized carbons (Fsp3) is 0.375. The summed E-state index contributed by atoms with van der Waals surface area (Å²) in [6, 6.07) is 8.56. The Hall–Kier alpha value is -1.74. The molecule has 0 aliphatic carbocycles. The molecule has 0 bridgehead atoms. The Morgan fingerprint density at radius 3 is 3.11 bits per heavy atom. The van der Waals surface area contributed by atoms with Crippen LogP contribution in [0.2, 0.25) is 0 Å². The molecule has 0 saturated heterocycles. The standard InChI is InChI=1S/C16H20N2O/c1-12-2-3-16-14(8-12)9-15(19-16)11-18-7-5-13(10-18)4-6-17/h2-3,5,7-8,10,15H,4,6,9,11,17H2,1H3. The van der Waals surface area contributed by atoms with E-state index >= 15 is 0 Å². The first kappa shape index (κ1) is 12.3. The van der Waals surface area contributed by atoms with E-state index in [2.05, 4.69) is 48.1 Å². The lowest BCUT2D eigenvalue weighted by molar-refractivity contribution is 0.209. The van der Waals surface area contributed by atoms with Crippen LogP contribution in [0.3, 0.4) is 0 Å². The van der Waals surface area contributed by atoms with Crippen molar-refractivity contribution in [2.75, 3.05) is 6.54 Å². The number of aryl methyl sites for hydroxylation is 1. The van der Waals surface area contributed by atoms with E-state index in [9.17, 15) is 0 Å². The van der Waals surface area contributed by atoms with Crippen LogP contribution >= 0.6 is 0 Å². The van der Waals surface area contributed by atoms with Gasteiger partial charge in [0, 0.05) is 18.8 Å². The third kappa shape index (κ3) is 2.66. The molecule has 2 aromatic rings. The monoisotopic (exact) mass is 256 g/mol. The highest BCUT2D eigenvalue weighted by Crippen LogP contribution is 2.30. The molecule has 1 atom stereocenters. The van der Waals surface area contributed by atoms with Gasteiger partial charge in [-0.05, 0) is 43.1 Å². The predicted octanol–water partition coefficient (Wildman–Crippen LogP) is 2.30.